The van der Waals surface area contributed by atoms with Crippen LogP contribution in [-0.2, 0) is 9.59 Å². The van der Waals surface area contributed by atoms with Crippen LogP contribution in [0.25, 0.3) is 0 Å². The van der Waals surface area contributed by atoms with Crippen LogP contribution in [0.15, 0.2) is 47.5 Å². The Hall–Kier alpha value is -3.38. The number of nitrogens with zero attached hydrogens (tertiary/aromatic N) is 2. The van der Waals surface area contributed by atoms with E-state index in [-0.39, 0.29) is 23.6 Å². The second-order valence-electron chi connectivity index (χ2n) is 8.27. The standard InChI is InChI=1S/C22H26N4O2S.C2HF3O2/c1-13(2)18-10-5-14(3)11-19(18)26-20(27)12-29-22(26)25-21(28)24-17-8-6-16(7-9-17)15(4)23;3-2(4,5)1(6)7/h5-11,13,15H,12,23H2,1-4H3,(H,24,28);(H,6,7). The number of carbonyl (C=O) groups excluding carboxylic acids is 2. The Bertz CT molecular complexity index is 1150. The molecule has 1 fully saturated rings. The SMILES string of the molecule is Cc1ccc(C(C)C)c(N2C(=O)CSC2=NC(=O)Nc2ccc(C(C)N)cc2)c1.O=C(O)C(F)(F)F. The lowest BCUT2D eigenvalue weighted by Crippen LogP contribution is -2.31. The fourth-order valence-corrected chi connectivity index (χ4v) is 3.98. The number of halogens is 3. The van der Waals surface area contributed by atoms with E-state index in [0.29, 0.717) is 10.9 Å². The summed E-state index contributed by atoms with van der Waals surface area (Å²) in [6.07, 6.45) is -5.08. The van der Waals surface area contributed by atoms with Crippen LogP contribution in [0.3, 0.4) is 0 Å². The minimum Gasteiger partial charge on any atom is -0.475 e. The lowest BCUT2D eigenvalue weighted by Gasteiger charge is -2.22. The maximum atomic E-state index is 12.6. The summed E-state index contributed by atoms with van der Waals surface area (Å²) in [5.41, 5.74) is 10.4. The van der Waals surface area contributed by atoms with Crippen LogP contribution in [0.2, 0.25) is 0 Å². The predicted octanol–water partition coefficient (Wildman–Crippen LogP) is 5.44. The number of nitrogens with two attached hydrogens (primary N) is 1. The number of amides is 3. The van der Waals surface area contributed by atoms with Gasteiger partial charge in [0.25, 0.3) is 0 Å². The molecule has 1 saturated heterocycles. The number of carboxylic acid groups (broad SMARTS) is 1. The molecule has 0 bridgehead atoms. The first-order chi connectivity index (χ1) is 16.7. The minimum atomic E-state index is -5.08. The third-order valence-corrected chi connectivity index (χ3v) is 5.87. The largest absolute Gasteiger partial charge is 0.490 e. The molecule has 0 aliphatic carbocycles. The van der Waals surface area contributed by atoms with E-state index in [1.54, 1.807) is 17.0 Å². The van der Waals surface area contributed by atoms with Crippen LogP contribution in [-0.4, -0.2) is 40.1 Å². The second kappa shape index (κ2) is 12.0. The molecule has 194 valence electrons. The number of carbonyl (C=O) groups is 3. The van der Waals surface area contributed by atoms with Gasteiger partial charge >= 0.3 is 18.2 Å². The van der Waals surface area contributed by atoms with Gasteiger partial charge in [0.05, 0.1) is 11.4 Å². The zero-order valence-corrected chi connectivity index (χ0v) is 20.9. The summed E-state index contributed by atoms with van der Waals surface area (Å²) in [7, 11) is 0. The maximum absolute atomic E-state index is 12.6. The van der Waals surface area contributed by atoms with E-state index >= 15 is 0 Å². The Morgan fingerprint density at radius 2 is 1.72 bits per heavy atom. The van der Waals surface area contributed by atoms with E-state index in [2.05, 4.69) is 24.2 Å². The number of nitrogens with one attached hydrogen (secondary N) is 1. The molecular formula is C24H27F3N4O4S. The van der Waals surface area contributed by atoms with Crippen LogP contribution >= 0.6 is 11.8 Å². The van der Waals surface area contributed by atoms with Gasteiger partial charge in [-0.1, -0.05) is 49.9 Å². The fraction of sp³-hybridized carbons (Fsp3) is 0.333. The number of aliphatic carboxylic acids is 1. The molecule has 0 aromatic heterocycles. The van der Waals surface area contributed by atoms with Crippen molar-refractivity contribution in [3.63, 3.8) is 0 Å². The van der Waals surface area contributed by atoms with Crippen LogP contribution < -0.4 is 16.0 Å². The smallest absolute Gasteiger partial charge is 0.475 e. The van der Waals surface area contributed by atoms with Gasteiger partial charge in [-0.25, -0.2) is 9.59 Å². The summed E-state index contributed by atoms with van der Waals surface area (Å²) in [6.45, 7) is 8.05. The number of benzene rings is 2. The van der Waals surface area contributed by atoms with Gasteiger partial charge in [0.15, 0.2) is 5.17 Å². The number of aliphatic imine (C=N–C) groups is 1. The molecular weight excluding hydrogens is 497 g/mol. The van der Waals surface area contributed by atoms with Gasteiger partial charge in [-0.05, 0) is 54.7 Å². The Morgan fingerprint density at radius 1 is 1.14 bits per heavy atom. The molecule has 3 amide bonds. The highest BCUT2D eigenvalue weighted by atomic mass is 32.2. The Kier molecular flexibility index (Phi) is 9.65. The molecule has 0 radical (unpaired) electrons. The highest BCUT2D eigenvalue weighted by Crippen LogP contribution is 2.34. The number of alkyl halides is 3. The first-order valence-electron chi connectivity index (χ1n) is 10.8. The molecule has 0 saturated carbocycles. The molecule has 2 aromatic carbocycles. The molecule has 12 heteroatoms. The molecule has 1 unspecified atom stereocenters. The van der Waals surface area contributed by atoms with Gasteiger partial charge in [-0.15, -0.1) is 0 Å². The number of aryl methyl sites for hydroxylation is 1. The minimum absolute atomic E-state index is 0.0704. The number of rotatable bonds is 4. The van der Waals surface area contributed by atoms with Crippen molar-refractivity contribution in [2.45, 2.75) is 45.8 Å². The third kappa shape index (κ3) is 7.82. The average molecular weight is 525 g/mol. The van der Waals surface area contributed by atoms with Crippen molar-refractivity contribution < 1.29 is 32.7 Å². The quantitative estimate of drug-likeness (QED) is 0.489. The molecule has 3 rings (SSSR count). The molecule has 1 heterocycles. The normalized spacial score (nSPS) is 15.5. The lowest BCUT2D eigenvalue weighted by molar-refractivity contribution is -0.192. The van der Waals surface area contributed by atoms with Crippen LogP contribution in [0.4, 0.5) is 29.3 Å². The summed E-state index contributed by atoms with van der Waals surface area (Å²) in [5, 5.41) is 10.3. The number of amidine groups is 1. The Morgan fingerprint density at radius 3 is 2.22 bits per heavy atom. The topological polar surface area (TPSA) is 125 Å². The van der Waals surface area contributed by atoms with Crippen molar-refractivity contribution in [2.24, 2.45) is 10.7 Å². The number of urea groups is 1. The van der Waals surface area contributed by atoms with Gasteiger partial charge in [0.1, 0.15) is 0 Å². The molecule has 1 atom stereocenters. The second-order valence-corrected chi connectivity index (χ2v) is 9.22. The molecule has 0 spiro atoms. The summed E-state index contributed by atoms with van der Waals surface area (Å²) in [5.74, 6) is -2.33. The van der Waals surface area contributed by atoms with E-state index in [4.69, 9.17) is 15.6 Å². The van der Waals surface area contributed by atoms with Gasteiger partial charge in [0.2, 0.25) is 5.91 Å². The van der Waals surface area contributed by atoms with Gasteiger partial charge < -0.3 is 16.2 Å². The lowest BCUT2D eigenvalue weighted by atomic mass is 9.99. The average Bonchev–Trinajstić information content (AvgIpc) is 3.13. The Labute approximate surface area is 210 Å². The molecule has 1 aliphatic rings. The van der Waals surface area contributed by atoms with Gasteiger partial charge in [0, 0.05) is 11.7 Å². The van der Waals surface area contributed by atoms with Crippen molar-refractivity contribution in [2.75, 3.05) is 16.0 Å². The van der Waals surface area contributed by atoms with E-state index in [1.165, 1.54) is 11.8 Å². The molecule has 36 heavy (non-hydrogen) atoms. The van der Waals surface area contributed by atoms with Crippen LogP contribution in [0, 0.1) is 6.92 Å². The van der Waals surface area contributed by atoms with Gasteiger partial charge in [-0.2, -0.15) is 18.2 Å². The van der Waals surface area contributed by atoms with Crippen molar-refractivity contribution in [3.8, 4) is 0 Å². The van der Waals surface area contributed by atoms with Crippen molar-refractivity contribution in [1.29, 1.82) is 0 Å². The first-order valence-corrected chi connectivity index (χ1v) is 11.8. The summed E-state index contributed by atoms with van der Waals surface area (Å²) < 4.78 is 31.7. The van der Waals surface area contributed by atoms with E-state index < -0.39 is 18.2 Å². The van der Waals surface area contributed by atoms with Crippen molar-refractivity contribution in [3.05, 3.63) is 59.2 Å². The van der Waals surface area contributed by atoms with Crippen LogP contribution in [0.1, 0.15) is 49.4 Å². The third-order valence-electron chi connectivity index (χ3n) is 4.94. The number of anilines is 2. The number of thioether (sulfide) groups is 1. The zero-order chi connectivity index (χ0) is 27.2. The maximum Gasteiger partial charge on any atom is 0.490 e. The highest BCUT2D eigenvalue weighted by Gasteiger charge is 2.38. The van der Waals surface area contributed by atoms with E-state index in [9.17, 15) is 22.8 Å². The zero-order valence-electron chi connectivity index (χ0n) is 20.1. The molecule has 1 aliphatic heterocycles. The summed E-state index contributed by atoms with van der Waals surface area (Å²) >= 11 is 1.27. The first kappa shape index (κ1) is 28.9. The highest BCUT2D eigenvalue weighted by molar-refractivity contribution is 8.15. The summed E-state index contributed by atoms with van der Waals surface area (Å²) in [6, 6.07) is 12.8. The Balaban J connectivity index is 0.000000572. The van der Waals surface area contributed by atoms with Crippen molar-refractivity contribution >= 4 is 46.2 Å². The fourth-order valence-electron chi connectivity index (χ4n) is 3.13. The van der Waals surface area contributed by atoms with E-state index in [0.717, 1.165) is 22.4 Å². The molecule has 4 N–H and O–H groups in total. The molecule has 2 aromatic rings. The van der Waals surface area contributed by atoms with E-state index in [1.807, 2.05) is 44.2 Å². The van der Waals surface area contributed by atoms with Crippen LogP contribution in [0.5, 0.6) is 0 Å². The predicted molar refractivity (Wildman–Crippen MR) is 134 cm³/mol. The number of carboxylic acids is 1. The van der Waals surface area contributed by atoms with Crippen molar-refractivity contribution in [1.82, 2.24) is 0 Å². The number of hydrogen-bond donors (Lipinski definition) is 3. The number of hydrogen-bond acceptors (Lipinski definition) is 5. The summed E-state index contributed by atoms with van der Waals surface area (Å²) in [4.78, 5) is 39.7. The monoisotopic (exact) mass is 524 g/mol. The van der Waals surface area contributed by atoms with Gasteiger partial charge in [-0.3, -0.25) is 9.69 Å². The molecule has 8 nitrogen and oxygen atoms in total.